The molecule has 1 aromatic rings. The highest BCUT2D eigenvalue weighted by molar-refractivity contribution is 6.20. The van der Waals surface area contributed by atoms with Crippen molar-refractivity contribution in [1.29, 1.82) is 0 Å². The summed E-state index contributed by atoms with van der Waals surface area (Å²) in [7, 11) is 0. The minimum absolute atomic E-state index is 0.0386. The highest BCUT2D eigenvalue weighted by Crippen LogP contribution is 2.30. The van der Waals surface area contributed by atoms with Crippen molar-refractivity contribution in [3.8, 4) is 5.75 Å². The smallest absolute Gasteiger partial charge is 0.119 e. The lowest BCUT2D eigenvalue weighted by molar-refractivity contribution is 0.00381. The summed E-state index contributed by atoms with van der Waals surface area (Å²) in [6.45, 7) is 11.8. The second-order valence-electron chi connectivity index (χ2n) is 7.87. The Bertz CT molecular complexity index is 521. The Balaban J connectivity index is 1.62. The number of benzene rings is 1. The van der Waals surface area contributed by atoms with Gasteiger partial charge in [0.15, 0.2) is 0 Å². The molecule has 0 radical (unpaired) electrons. The molecule has 0 aromatic heterocycles. The van der Waals surface area contributed by atoms with Crippen molar-refractivity contribution in [1.82, 2.24) is 4.90 Å². The lowest BCUT2D eigenvalue weighted by Gasteiger charge is -2.31. The Morgan fingerprint density at radius 1 is 1.15 bits per heavy atom. The first-order chi connectivity index (χ1) is 13.0. The van der Waals surface area contributed by atoms with Gasteiger partial charge in [-0.2, -0.15) is 0 Å². The first-order valence-corrected chi connectivity index (χ1v) is 10.7. The largest absolute Gasteiger partial charge is 0.491 e. The predicted octanol–water partition coefficient (Wildman–Crippen LogP) is 4.84. The summed E-state index contributed by atoms with van der Waals surface area (Å²) in [6.07, 6.45) is 5.08. The molecule has 1 saturated heterocycles. The molecular formula is C22H36ClNO3. The lowest BCUT2D eigenvalue weighted by atomic mass is 9.80. The Kier molecular flexibility index (Phi) is 9.91. The Hall–Kier alpha value is -0.810. The lowest BCUT2D eigenvalue weighted by Crippen LogP contribution is -2.43. The average Bonchev–Trinajstić information content (AvgIpc) is 2.66. The van der Waals surface area contributed by atoms with E-state index < -0.39 is 0 Å². The van der Waals surface area contributed by atoms with E-state index in [4.69, 9.17) is 25.8 Å². The maximum atomic E-state index is 6.20. The van der Waals surface area contributed by atoms with Gasteiger partial charge in [0.1, 0.15) is 17.9 Å². The van der Waals surface area contributed by atoms with Gasteiger partial charge in [-0.15, -0.1) is 11.6 Å². The van der Waals surface area contributed by atoms with Crippen LogP contribution in [0.1, 0.15) is 52.0 Å². The third-order valence-corrected chi connectivity index (χ3v) is 5.64. The van der Waals surface area contributed by atoms with Crippen LogP contribution >= 0.6 is 11.6 Å². The Morgan fingerprint density at radius 2 is 1.93 bits per heavy atom. The number of hydrogen-bond acceptors (Lipinski definition) is 4. The van der Waals surface area contributed by atoms with Gasteiger partial charge in [0, 0.05) is 13.1 Å². The van der Waals surface area contributed by atoms with Gasteiger partial charge in [-0.05, 0) is 29.5 Å². The molecule has 27 heavy (non-hydrogen) atoms. The Morgan fingerprint density at radius 3 is 2.63 bits per heavy atom. The van der Waals surface area contributed by atoms with Crippen LogP contribution in [-0.4, -0.2) is 56.5 Å². The van der Waals surface area contributed by atoms with E-state index >= 15 is 0 Å². The van der Waals surface area contributed by atoms with Crippen LogP contribution < -0.4 is 4.74 Å². The second kappa shape index (κ2) is 11.9. The first kappa shape index (κ1) is 22.5. The molecule has 1 atom stereocenters. The molecular weight excluding hydrogens is 362 g/mol. The van der Waals surface area contributed by atoms with Gasteiger partial charge in [-0.1, -0.05) is 52.2 Å². The van der Waals surface area contributed by atoms with Crippen molar-refractivity contribution in [2.45, 2.75) is 57.4 Å². The zero-order valence-electron chi connectivity index (χ0n) is 17.2. The maximum absolute atomic E-state index is 6.20. The zero-order valence-corrected chi connectivity index (χ0v) is 18.0. The molecule has 1 unspecified atom stereocenters. The van der Waals surface area contributed by atoms with Crippen molar-refractivity contribution in [3.63, 3.8) is 0 Å². The molecule has 0 saturated carbocycles. The predicted molar refractivity (Wildman–Crippen MR) is 112 cm³/mol. The van der Waals surface area contributed by atoms with E-state index in [0.717, 1.165) is 25.4 Å². The summed E-state index contributed by atoms with van der Waals surface area (Å²) >= 11 is 6.20. The molecule has 1 aromatic carbocycles. The van der Waals surface area contributed by atoms with Crippen molar-refractivity contribution in [2.75, 3.05) is 46.1 Å². The molecule has 5 heteroatoms. The van der Waals surface area contributed by atoms with Gasteiger partial charge in [0.2, 0.25) is 0 Å². The highest BCUT2D eigenvalue weighted by Gasteiger charge is 2.20. The van der Waals surface area contributed by atoms with Crippen LogP contribution in [0, 0.1) is 0 Å². The summed E-state index contributed by atoms with van der Waals surface area (Å²) in [5.74, 6) is 0.903. The summed E-state index contributed by atoms with van der Waals surface area (Å²) in [5, 5.41) is 0. The number of hydrogen-bond donors (Lipinski definition) is 0. The highest BCUT2D eigenvalue weighted by atomic mass is 35.5. The van der Waals surface area contributed by atoms with Crippen LogP contribution in [0.5, 0.6) is 5.75 Å². The summed E-state index contributed by atoms with van der Waals surface area (Å²) < 4.78 is 16.8. The summed E-state index contributed by atoms with van der Waals surface area (Å²) in [6, 6.07) is 8.54. The van der Waals surface area contributed by atoms with Gasteiger partial charge < -0.3 is 14.2 Å². The molecule has 0 bridgehead atoms. The third-order valence-electron chi connectivity index (χ3n) is 5.23. The SMILES string of the molecule is CCCCCC(C)(C)c1ccc(OCCOCCN2CCOCC2Cl)cc1. The zero-order chi connectivity index (χ0) is 19.5. The van der Waals surface area contributed by atoms with Crippen LogP contribution in [0.15, 0.2) is 24.3 Å². The van der Waals surface area contributed by atoms with Gasteiger partial charge in [-0.3, -0.25) is 4.90 Å². The van der Waals surface area contributed by atoms with Crippen molar-refractivity contribution >= 4 is 11.6 Å². The van der Waals surface area contributed by atoms with Gasteiger partial charge in [0.25, 0.3) is 0 Å². The molecule has 2 rings (SSSR count). The van der Waals surface area contributed by atoms with E-state index in [-0.39, 0.29) is 10.9 Å². The monoisotopic (exact) mass is 397 g/mol. The quantitative estimate of drug-likeness (QED) is 0.287. The first-order valence-electron chi connectivity index (χ1n) is 10.3. The van der Waals surface area contributed by atoms with Crippen LogP contribution in [0.2, 0.25) is 0 Å². The topological polar surface area (TPSA) is 30.9 Å². The van der Waals surface area contributed by atoms with Crippen LogP contribution in [0.25, 0.3) is 0 Å². The second-order valence-corrected chi connectivity index (χ2v) is 8.38. The standard InChI is InChI=1S/C22H36ClNO3/c1-4-5-6-11-22(2,3)19-7-9-20(10-8-19)27-17-16-25-14-12-24-13-15-26-18-21(24)23/h7-10,21H,4-6,11-18H2,1-3H3. The molecule has 154 valence electrons. The number of rotatable bonds is 12. The van der Waals surface area contributed by atoms with E-state index in [2.05, 4.69) is 49.9 Å². The Labute approximate surface area is 170 Å². The third kappa shape index (κ3) is 7.98. The number of ether oxygens (including phenoxy) is 3. The van der Waals surface area contributed by atoms with Crippen LogP contribution in [-0.2, 0) is 14.9 Å². The van der Waals surface area contributed by atoms with E-state index in [1.54, 1.807) is 0 Å². The molecule has 1 aliphatic heterocycles. The van der Waals surface area contributed by atoms with E-state index in [9.17, 15) is 0 Å². The van der Waals surface area contributed by atoms with E-state index in [1.807, 2.05) is 0 Å². The number of nitrogens with zero attached hydrogens (tertiary/aromatic N) is 1. The minimum atomic E-state index is -0.0386. The molecule has 0 amide bonds. The van der Waals surface area contributed by atoms with Gasteiger partial charge in [-0.25, -0.2) is 0 Å². The molecule has 4 nitrogen and oxygen atoms in total. The molecule has 0 N–H and O–H groups in total. The molecule has 1 heterocycles. The fourth-order valence-corrected chi connectivity index (χ4v) is 3.61. The molecule has 0 aliphatic carbocycles. The van der Waals surface area contributed by atoms with E-state index in [1.165, 1.54) is 31.2 Å². The van der Waals surface area contributed by atoms with Crippen molar-refractivity contribution < 1.29 is 14.2 Å². The molecule has 1 fully saturated rings. The number of halogens is 1. The minimum Gasteiger partial charge on any atom is -0.491 e. The fourth-order valence-electron chi connectivity index (χ4n) is 3.33. The van der Waals surface area contributed by atoms with Crippen molar-refractivity contribution in [2.24, 2.45) is 0 Å². The fraction of sp³-hybridized carbons (Fsp3) is 0.727. The number of morpholine rings is 1. The van der Waals surface area contributed by atoms with Gasteiger partial charge in [0.05, 0.1) is 26.4 Å². The number of unbranched alkanes of at least 4 members (excludes halogenated alkanes) is 2. The normalized spacial score (nSPS) is 18.6. The van der Waals surface area contributed by atoms with Crippen LogP contribution in [0.3, 0.4) is 0 Å². The average molecular weight is 398 g/mol. The number of alkyl halides is 1. The summed E-state index contributed by atoms with van der Waals surface area (Å²) in [5.41, 5.74) is 1.56. The van der Waals surface area contributed by atoms with E-state index in [0.29, 0.717) is 26.4 Å². The van der Waals surface area contributed by atoms with Crippen molar-refractivity contribution in [3.05, 3.63) is 29.8 Å². The van der Waals surface area contributed by atoms with Gasteiger partial charge >= 0.3 is 0 Å². The maximum Gasteiger partial charge on any atom is 0.119 e. The summed E-state index contributed by atoms with van der Waals surface area (Å²) in [4.78, 5) is 2.19. The molecule has 1 aliphatic rings. The molecule has 0 spiro atoms. The van der Waals surface area contributed by atoms with Crippen LogP contribution in [0.4, 0.5) is 0 Å².